The summed E-state index contributed by atoms with van der Waals surface area (Å²) in [6.45, 7) is 2.47. The molecule has 4 rings (SSSR count). The Morgan fingerprint density at radius 3 is 2.86 bits per heavy atom. The highest BCUT2D eigenvalue weighted by Gasteiger charge is 2.53. The van der Waals surface area contributed by atoms with Gasteiger partial charge in [0, 0.05) is 18.2 Å². The largest absolute Gasteiger partial charge is 0.508 e. The van der Waals surface area contributed by atoms with Gasteiger partial charge in [0.15, 0.2) is 0 Å². The van der Waals surface area contributed by atoms with Gasteiger partial charge in [0.2, 0.25) is 0 Å². The van der Waals surface area contributed by atoms with E-state index in [-0.39, 0.29) is 0 Å². The highest BCUT2D eigenvalue weighted by atomic mass is 16.3. The average molecular weight is 283 g/mol. The van der Waals surface area contributed by atoms with Gasteiger partial charge < -0.3 is 5.11 Å². The van der Waals surface area contributed by atoms with E-state index in [0.717, 1.165) is 18.3 Å². The molecule has 3 aliphatic rings. The average Bonchev–Trinajstić information content (AvgIpc) is 2.83. The summed E-state index contributed by atoms with van der Waals surface area (Å²) in [5.41, 5.74) is 4.75. The number of phenols is 1. The molecule has 0 saturated heterocycles. The lowest BCUT2D eigenvalue weighted by Crippen LogP contribution is -2.42. The first kappa shape index (κ1) is 13.4. The minimum absolute atomic E-state index is 0.365. The molecule has 1 aromatic rings. The Morgan fingerprint density at radius 2 is 2.05 bits per heavy atom. The quantitative estimate of drug-likeness (QED) is 0.755. The molecule has 2 heteroatoms. The zero-order valence-electron chi connectivity index (χ0n) is 13.1. The van der Waals surface area contributed by atoms with E-state index in [1.807, 2.05) is 19.2 Å². The third-order valence-electron chi connectivity index (χ3n) is 6.72. The number of aliphatic imine (C=N–C) groups is 1. The van der Waals surface area contributed by atoms with Crippen molar-refractivity contribution in [2.45, 2.75) is 51.4 Å². The lowest BCUT2D eigenvalue weighted by molar-refractivity contribution is 0.0956. The van der Waals surface area contributed by atoms with Crippen molar-refractivity contribution in [2.75, 3.05) is 7.05 Å². The Balaban J connectivity index is 1.72. The summed E-state index contributed by atoms with van der Waals surface area (Å²) in [6, 6.07) is 6.06. The Bertz CT molecular complexity index is 606. The number of fused-ring (bicyclic) bond motifs is 5. The summed E-state index contributed by atoms with van der Waals surface area (Å²) in [6.07, 6.45) is 7.54. The van der Waals surface area contributed by atoms with Gasteiger partial charge in [-0.1, -0.05) is 13.0 Å². The fourth-order valence-electron chi connectivity index (χ4n) is 5.72. The Kier molecular flexibility index (Phi) is 2.92. The predicted octanol–water partition coefficient (Wildman–Crippen LogP) is 4.32. The van der Waals surface area contributed by atoms with Crippen LogP contribution in [0.2, 0.25) is 0 Å². The molecule has 3 unspecified atom stereocenters. The molecule has 0 heterocycles. The monoisotopic (exact) mass is 283 g/mol. The highest BCUT2D eigenvalue weighted by molar-refractivity contribution is 5.92. The van der Waals surface area contributed by atoms with Gasteiger partial charge in [-0.05, 0) is 79.5 Å². The molecule has 0 aliphatic heterocycles. The maximum atomic E-state index is 9.73. The molecule has 1 aromatic carbocycles. The lowest BCUT2D eigenvalue weighted by atomic mass is 9.55. The van der Waals surface area contributed by atoms with Crippen molar-refractivity contribution in [3.8, 4) is 5.75 Å². The van der Waals surface area contributed by atoms with Gasteiger partial charge >= 0.3 is 0 Å². The van der Waals surface area contributed by atoms with Crippen molar-refractivity contribution >= 4 is 5.71 Å². The van der Waals surface area contributed by atoms with Crippen LogP contribution in [0.5, 0.6) is 5.75 Å². The van der Waals surface area contributed by atoms with Gasteiger partial charge in [0.25, 0.3) is 0 Å². The van der Waals surface area contributed by atoms with E-state index in [2.05, 4.69) is 18.0 Å². The summed E-state index contributed by atoms with van der Waals surface area (Å²) in [5.74, 6) is 2.77. The van der Waals surface area contributed by atoms with Crippen molar-refractivity contribution in [1.29, 1.82) is 0 Å². The first-order chi connectivity index (χ1) is 10.1. The van der Waals surface area contributed by atoms with Crippen LogP contribution >= 0.6 is 0 Å². The SMILES string of the molecule is CN=C1CCC2C3CCc4cc(O)ccc4C3CC[C@]12C. The van der Waals surface area contributed by atoms with Gasteiger partial charge in [0.1, 0.15) is 5.75 Å². The molecule has 1 N–H and O–H groups in total. The van der Waals surface area contributed by atoms with Gasteiger partial charge in [-0.2, -0.15) is 0 Å². The van der Waals surface area contributed by atoms with Crippen LogP contribution in [0.15, 0.2) is 23.2 Å². The zero-order valence-corrected chi connectivity index (χ0v) is 13.1. The van der Waals surface area contributed by atoms with Crippen LogP contribution in [-0.2, 0) is 6.42 Å². The van der Waals surface area contributed by atoms with Gasteiger partial charge in [-0.3, -0.25) is 4.99 Å². The van der Waals surface area contributed by atoms with E-state index in [1.54, 1.807) is 0 Å². The number of aryl methyl sites for hydroxylation is 1. The first-order valence-electron chi connectivity index (χ1n) is 8.41. The normalized spacial score (nSPS) is 39.7. The molecule has 0 radical (unpaired) electrons. The summed E-state index contributed by atoms with van der Waals surface area (Å²) in [7, 11) is 1.98. The smallest absolute Gasteiger partial charge is 0.115 e. The van der Waals surface area contributed by atoms with E-state index in [4.69, 9.17) is 0 Å². The number of hydrogen-bond acceptors (Lipinski definition) is 2. The maximum absolute atomic E-state index is 9.73. The third-order valence-corrected chi connectivity index (χ3v) is 6.72. The molecular formula is C19H25NO. The maximum Gasteiger partial charge on any atom is 0.115 e. The van der Waals surface area contributed by atoms with Crippen LogP contribution < -0.4 is 0 Å². The number of phenolic OH excluding ortho intramolecular Hbond substituents is 1. The Hall–Kier alpha value is -1.31. The second-order valence-corrected chi connectivity index (χ2v) is 7.46. The molecule has 0 bridgehead atoms. The van der Waals surface area contributed by atoms with Crippen LogP contribution in [0, 0.1) is 17.3 Å². The second-order valence-electron chi connectivity index (χ2n) is 7.46. The van der Waals surface area contributed by atoms with Crippen LogP contribution in [-0.4, -0.2) is 17.9 Å². The minimum atomic E-state index is 0.365. The summed E-state index contributed by atoms with van der Waals surface area (Å²) >= 11 is 0. The van der Waals surface area contributed by atoms with E-state index >= 15 is 0 Å². The summed E-state index contributed by atoms with van der Waals surface area (Å²) in [4.78, 5) is 4.62. The minimum Gasteiger partial charge on any atom is -0.508 e. The van der Waals surface area contributed by atoms with Gasteiger partial charge in [-0.15, -0.1) is 0 Å². The fraction of sp³-hybridized carbons (Fsp3) is 0.632. The molecule has 2 saturated carbocycles. The molecule has 112 valence electrons. The number of nitrogens with zero attached hydrogens (tertiary/aromatic N) is 1. The molecule has 0 spiro atoms. The molecule has 3 aliphatic carbocycles. The molecule has 2 fully saturated rings. The van der Waals surface area contributed by atoms with E-state index in [9.17, 15) is 5.11 Å². The Labute approximate surface area is 127 Å². The van der Waals surface area contributed by atoms with Crippen molar-refractivity contribution < 1.29 is 5.11 Å². The van der Waals surface area contributed by atoms with Gasteiger partial charge in [0.05, 0.1) is 0 Å². The molecule has 21 heavy (non-hydrogen) atoms. The summed E-state index contributed by atoms with van der Waals surface area (Å²) < 4.78 is 0. The summed E-state index contributed by atoms with van der Waals surface area (Å²) in [5, 5.41) is 9.73. The zero-order chi connectivity index (χ0) is 14.6. The van der Waals surface area contributed by atoms with E-state index < -0.39 is 0 Å². The molecule has 0 amide bonds. The van der Waals surface area contributed by atoms with Crippen LogP contribution in [0.4, 0.5) is 0 Å². The molecule has 2 nitrogen and oxygen atoms in total. The van der Waals surface area contributed by atoms with Crippen molar-refractivity contribution in [3.63, 3.8) is 0 Å². The second kappa shape index (κ2) is 4.59. The molecule has 0 aromatic heterocycles. The first-order valence-corrected chi connectivity index (χ1v) is 8.41. The third kappa shape index (κ3) is 1.81. The Morgan fingerprint density at radius 1 is 1.19 bits per heavy atom. The van der Waals surface area contributed by atoms with E-state index in [1.165, 1.54) is 48.9 Å². The van der Waals surface area contributed by atoms with Crippen molar-refractivity contribution in [3.05, 3.63) is 29.3 Å². The fourth-order valence-corrected chi connectivity index (χ4v) is 5.72. The lowest BCUT2D eigenvalue weighted by Gasteiger charge is -2.49. The van der Waals surface area contributed by atoms with E-state index in [0.29, 0.717) is 17.1 Å². The van der Waals surface area contributed by atoms with Crippen molar-refractivity contribution in [1.82, 2.24) is 0 Å². The highest BCUT2D eigenvalue weighted by Crippen LogP contribution is 2.59. The van der Waals surface area contributed by atoms with Crippen LogP contribution in [0.1, 0.15) is 56.1 Å². The number of aromatic hydroxyl groups is 1. The molecular weight excluding hydrogens is 258 g/mol. The number of rotatable bonds is 0. The van der Waals surface area contributed by atoms with Crippen molar-refractivity contribution in [2.24, 2.45) is 22.2 Å². The van der Waals surface area contributed by atoms with Gasteiger partial charge in [-0.25, -0.2) is 0 Å². The topological polar surface area (TPSA) is 32.6 Å². The number of hydrogen-bond donors (Lipinski definition) is 1. The predicted molar refractivity (Wildman–Crippen MR) is 86.1 cm³/mol. The van der Waals surface area contributed by atoms with Crippen LogP contribution in [0.3, 0.4) is 0 Å². The molecule has 4 atom stereocenters. The number of benzene rings is 1. The van der Waals surface area contributed by atoms with Crippen LogP contribution in [0.25, 0.3) is 0 Å². The standard InChI is InChI=1S/C19H25NO/c1-19-10-9-15-14-6-4-13(21)11-12(14)3-5-16(15)17(19)7-8-18(19)20-2/h4,6,11,15-17,21H,3,5,7-10H2,1-2H3/t15?,16?,17?,19-/m0/s1.